The third kappa shape index (κ3) is 4.18. The van der Waals surface area contributed by atoms with E-state index in [1.807, 2.05) is 7.05 Å². The molecule has 0 radical (unpaired) electrons. The van der Waals surface area contributed by atoms with Crippen molar-refractivity contribution in [1.82, 2.24) is 4.90 Å². The Balaban J connectivity index is 0.000000181. The van der Waals surface area contributed by atoms with Crippen molar-refractivity contribution >= 4 is 18.5 Å². The second-order valence-corrected chi connectivity index (χ2v) is 3.82. The molecular weight excluding hydrogens is 218 g/mol. The van der Waals surface area contributed by atoms with Crippen LogP contribution in [0.3, 0.4) is 0 Å². The maximum absolute atomic E-state index is 10.5. The number of hydrogen-bond donors (Lipinski definition) is 0. The number of hydrogen-bond acceptors (Lipinski definition) is 3. The Labute approximate surface area is 100 Å². The standard InChI is InChI=1S/C8H6O2.C5H9NO/c9-5-7-1-2-8(6-10)4-3-7;1-6-4-2-3-5(6)7/h1-6H;2-4H2,1H3. The molecule has 0 spiro atoms. The highest BCUT2D eigenvalue weighted by Crippen LogP contribution is 2.04. The summed E-state index contributed by atoms with van der Waals surface area (Å²) in [5.74, 6) is 0.292. The lowest BCUT2D eigenvalue weighted by molar-refractivity contribution is -0.126. The normalized spacial score (nSPS) is 13.9. The van der Waals surface area contributed by atoms with Crippen LogP contribution in [-0.2, 0) is 4.79 Å². The van der Waals surface area contributed by atoms with Gasteiger partial charge in [0.05, 0.1) is 0 Å². The van der Waals surface area contributed by atoms with Gasteiger partial charge in [0.15, 0.2) is 0 Å². The van der Waals surface area contributed by atoms with Crippen molar-refractivity contribution in [2.24, 2.45) is 0 Å². The minimum atomic E-state index is 0.292. The molecule has 1 amide bonds. The number of amides is 1. The minimum absolute atomic E-state index is 0.292. The molecule has 1 aliphatic rings. The van der Waals surface area contributed by atoms with Crippen LogP contribution in [0.1, 0.15) is 33.6 Å². The van der Waals surface area contributed by atoms with Gasteiger partial charge in [-0.3, -0.25) is 14.4 Å². The Kier molecular flexibility index (Phi) is 5.07. The number of likely N-dealkylation sites (tertiary alicyclic amines) is 1. The Hall–Kier alpha value is -1.97. The minimum Gasteiger partial charge on any atom is -0.346 e. The van der Waals surface area contributed by atoms with Crippen molar-refractivity contribution in [3.05, 3.63) is 35.4 Å². The van der Waals surface area contributed by atoms with Crippen LogP contribution in [0.15, 0.2) is 24.3 Å². The lowest BCUT2D eigenvalue weighted by Crippen LogP contribution is -2.17. The van der Waals surface area contributed by atoms with Crippen molar-refractivity contribution < 1.29 is 14.4 Å². The molecule has 17 heavy (non-hydrogen) atoms. The van der Waals surface area contributed by atoms with Gasteiger partial charge in [0, 0.05) is 31.1 Å². The predicted octanol–water partition coefficient (Wildman–Crippen LogP) is 1.55. The zero-order valence-corrected chi connectivity index (χ0v) is 9.76. The molecule has 1 aromatic carbocycles. The largest absolute Gasteiger partial charge is 0.346 e. The van der Waals surface area contributed by atoms with E-state index in [0.29, 0.717) is 17.0 Å². The van der Waals surface area contributed by atoms with E-state index in [0.717, 1.165) is 32.0 Å². The second kappa shape index (κ2) is 6.58. The third-order valence-electron chi connectivity index (χ3n) is 2.52. The molecule has 0 unspecified atom stereocenters. The summed E-state index contributed by atoms with van der Waals surface area (Å²) >= 11 is 0. The van der Waals surface area contributed by atoms with Crippen LogP contribution in [0.4, 0.5) is 0 Å². The summed E-state index contributed by atoms with van der Waals surface area (Å²) in [7, 11) is 1.84. The van der Waals surface area contributed by atoms with Gasteiger partial charge in [-0.25, -0.2) is 0 Å². The highest BCUT2D eigenvalue weighted by atomic mass is 16.2. The topological polar surface area (TPSA) is 54.5 Å². The molecule has 0 saturated carbocycles. The van der Waals surface area contributed by atoms with Crippen LogP contribution < -0.4 is 0 Å². The van der Waals surface area contributed by atoms with E-state index in [1.54, 1.807) is 29.2 Å². The van der Waals surface area contributed by atoms with E-state index < -0.39 is 0 Å². The third-order valence-corrected chi connectivity index (χ3v) is 2.52. The van der Waals surface area contributed by atoms with Crippen molar-refractivity contribution in [1.29, 1.82) is 0 Å². The number of carbonyl (C=O) groups is 3. The predicted molar refractivity (Wildman–Crippen MR) is 64.1 cm³/mol. The molecule has 1 fully saturated rings. The zero-order valence-electron chi connectivity index (χ0n) is 9.76. The molecule has 0 bridgehead atoms. The lowest BCUT2D eigenvalue weighted by atomic mass is 10.2. The van der Waals surface area contributed by atoms with Crippen LogP contribution >= 0.6 is 0 Å². The fourth-order valence-electron chi connectivity index (χ4n) is 1.44. The van der Waals surface area contributed by atoms with E-state index in [-0.39, 0.29) is 0 Å². The van der Waals surface area contributed by atoms with Gasteiger partial charge in [0.1, 0.15) is 12.6 Å². The second-order valence-electron chi connectivity index (χ2n) is 3.82. The Morgan fingerprint density at radius 2 is 1.53 bits per heavy atom. The fraction of sp³-hybridized carbons (Fsp3) is 0.308. The molecule has 0 aliphatic carbocycles. The smallest absolute Gasteiger partial charge is 0.222 e. The van der Waals surface area contributed by atoms with Gasteiger partial charge in [-0.2, -0.15) is 0 Å². The van der Waals surface area contributed by atoms with Crippen molar-refractivity contribution in [2.75, 3.05) is 13.6 Å². The highest BCUT2D eigenvalue weighted by Gasteiger charge is 2.14. The summed E-state index contributed by atoms with van der Waals surface area (Å²) in [5.41, 5.74) is 1.18. The number of aldehydes is 2. The van der Waals surface area contributed by atoms with Gasteiger partial charge in [0.25, 0.3) is 0 Å². The molecule has 1 aliphatic heterocycles. The Morgan fingerprint density at radius 3 is 1.71 bits per heavy atom. The molecule has 2 rings (SSSR count). The number of rotatable bonds is 2. The van der Waals surface area contributed by atoms with Crippen LogP contribution in [0.5, 0.6) is 0 Å². The number of carbonyl (C=O) groups excluding carboxylic acids is 3. The van der Waals surface area contributed by atoms with E-state index in [1.165, 1.54) is 0 Å². The fourth-order valence-corrected chi connectivity index (χ4v) is 1.44. The molecular formula is C13H15NO3. The molecule has 4 nitrogen and oxygen atoms in total. The first kappa shape index (κ1) is 13.1. The molecule has 0 atom stereocenters. The van der Waals surface area contributed by atoms with Crippen molar-refractivity contribution in [3.63, 3.8) is 0 Å². The SMILES string of the molecule is CN1CCCC1=O.O=Cc1ccc(C=O)cc1. The first-order valence-corrected chi connectivity index (χ1v) is 5.41. The molecule has 0 aromatic heterocycles. The molecule has 90 valence electrons. The summed E-state index contributed by atoms with van der Waals surface area (Å²) in [6.07, 6.45) is 3.30. The van der Waals surface area contributed by atoms with Gasteiger partial charge in [-0.1, -0.05) is 24.3 Å². The first-order valence-electron chi connectivity index (χ1n) is 5.41. The lowest BCUT2D eigenvalue weighted by Gasteiger charge is -2.03. The van der Waals surface area contributed by atoms with E-state index in [4.69, 9.17) is 0 Å². The quantitative estimate of drug-likeness (QED) is 0.728. The molecule has 1 saturated heterocycles. The van der Waals surface area contributed by atoms with E-state index >= 15 is 0 Å². The maximum Gasteiger partial charge on any atom is 0.222 e. The van der Waals surface area contributed by atoms with Gasteiger partial charge < -0.3 is 4.90 Å². The maximum atomic E-state index is 10.5. The summed E-state index contributed by atoms with van der Waals surface area (Å²) < 4.78 is 0. The summed E-state index contributed by atoms with van der Waals surface area (Å²) in [4.78, 5) is 32.5. The van der Waals surface area contributed by atoms with Crippen LogP contribution in [-0.4, -0.2) is 37.0 Å². The van der Waals surface area contributed by atoms with E-state index in [9.17, 15) is 14.4 Å². The van der Waals surface area contributed by atoms with Crippen molar-refractivity contribution in [3.8, 4) is 0 Å². The van der Waals surface area contributed by atoms with Crippen molar-refractivity contribution in [2.45, 2.75) is 12.8 Å². The zero-order chi connectivity index (χ0) is 12.7. The summed E-state index contributed by atoms with van der Waals surface area (Å²) in [5, 5.41) is 0. The Bertz CT molecular complexity index is 371. The average molecular weight is 233 g/mol. The molecule has 4 heteroatoms. The van der Waals surface area contributed by atoms with Gasteiger partial charge in [0.2, 0.25) is 5.91 Å². The summed E-state index contributed by atoms with van der Waals surface area (Å²) in [6.45, 7) is 0.957. The summed E-state index contributed by atoms with van der Waals surface area (Å²) in [6, 6.07) is 6.43. The molecule has 1 aromatic rings. The molecule has 0 N–H and O–H groups in total. The van der Waals surface area contributed by atoms with E-state index in [2.05, 4.69) is 0 Å². The van der Waals surface area contributed by atoms with Crippen LogP contribution in [0.25, 0.3) is 0 Å². The highest BCUT2D eigenvalue weighted by molar-refractivity contribution is 5.79. The van der Waals surface area contributed by atoms with Crippen LogP contribution in [0.2, 0.25) is 0 Å². The average Bonchev–Trinajstić information content (AvgIpc) is 2.75. The first-order chi connectivity index (χ1) is 8.17. The van der Waals surface area contributed by atoms with Gasteiger partial charge in [-0.15, -0.1) is 0 Å². The Morgan fingerprint density at radius 1 is 1.06 bits per heavy atom. The van der Waals surface area contributed by atoms with Gasteiger partial charge >= 0.3 is 0 Å². The monoisotopic (exact) mass is 233 g/mol. The van der Waals surface area contributed by atoms with Gasteiger partial charge in [-0.05, 0) is 6.42 Å². The number of benzene rings is 1. The van der Waals surface area contributed by atoms with Crippen LogP contribution in [0, 0.1) is 0 Å². The number of nitrogens with zero attached hydrogens (tertiary/aromatic N) is 1. The molecule has 1 heterocycles.